The number of carbonyl (C=O) groups excluding carboxylic acids is 1. The summed E-state index contributed by atoms with van der Waals surface area (Å²) >= 11 is 1.16. The van der Waals surface area contributed by atoms with Gasteiger partial charge in [0.2, 0.25) is 11.0 Å². The van der Waals surface area contributed by atoms with Crippen LogP contribution in [0.3, 0.4) is 0 Å². The van der Waals surface area contributed by atoms with Gasteiger partial charge in [-0.05, 0) is 12.8 Å². The Balaban J connectivity index is 2.07. The van der Waals surface area contributed by atoms with Gasteiger partial charge in [0.25, 0.3) is 0 Å². The van der Waals surface area contributed by atoms with Gasteiger partial charge in [-0.15, -0.1) is 10.2 Å². The van der Waals surface area contributed by atoms with Crippen molar-refractivity contribution >= 4 is 28.3 Å². The summed E-state index contributed by atoms with van der Waals surface area (Å²) in [6.07, 6.45) is 0.792. The highest BCUT2D eigenvalue weighted by Gasteiger charge is 2.57. The van der Waals surface area contributed by atoms with Crippen molar-refractivity contribution < 1.29 is 14.7 Å². The number of nitrogens with zero attached hydrogens (tertiary/aromatic N) is 2. The largest absolute Gasteiger partial charge is 0.480 e. The van der Waals surface area contributed by atoms with Gasteiger partial charge in [-0.2, -0.15) is 0 Å². The van der Waals surface area contributed by atoms with Gasteiger partial charge in [-0.1, -0.05) is 11.3 Å². The highest BCUT2D eigenvalue weighted by Crippen LogP contribution is 2.46. The van der Waals surface area contributed by atoms with Crippen LogP contribution in [0.5, 0.6) is 0 Å². The quantitative estimate of drug-likeness (QED) is 0.706. The van der Waals surface area contributed by atoms with Gasteiger partial charge in [0.1, 0.15) is 10.9 Å². The van der Waals surface area contributed by atoms with E-state index in [-0.39, 0.29) is 0 Å². The van der Waals surface area contributed by atoms with Gasteiger partial charge < -0.3 is 5.11 Å². The van der Waals surface area contributed by atoms with Gasteiger partial charge >= 0.3 is 5.97 Å². The van der Waals surface area contributed by atoms with Crippen molar-refractivity contribution in [2.75, 3.05) is 5.32 Å². The van der Waals surface area contributed by atoms with Crippen LogP contribution in [0.2, 0.25) is 0 Å². The van der Waals surface area contributed by atoms with Gasteiger partial charge in [-0.3, -0.25) is 14.9 Å². The van der Waals surface area contributed by atoms with Crippen LogP contribution in [0, 0.1) is 5.41 Å². The predicted octanol–water partition coefficient (Wildman–Crippen LogP) is 0.341. The maximum atomic E-state index is 11.5. The summed E-state index contributed by atoms with van der Waals surface area (Å²) in [6, 6.07) is 0. The first kappa shape index (κ1) is 9.07. The molecule has 1 amide bonds. The molecular weight excluding hydrogens is 206 g/mol. The molecule has 0 bridgehead atoms. The molecule has 0 saturated heterocycles. The zero-order valence-electron chi connectivity index (χ0n) is 7.06. The Labute approximate surface area is 83.0 Å². The minimum atomic E-state index is -1.22. The lowest BCUT2D eigenvalue weighted by Crippen LogP contribution is -2.31. The standard InChI is InChI=1S/C7H7N3O3S/c11-4(7(1-2-7)5(12)13)9-6-10-8-3-14-6/h3H,1-2H2,(H,12,13)(H,9,10,11). The molecule has 0 spiro atoms. The Hall–Kier alpha value is -1.50. The average molecular weight is 213 g/mol. The molecule has 0 radical (unpaired) electrons. The molecule has 7 heteroatoms. The number of aliphatic carboxylic acids is 1. The number of carboxylic acids is 1. The molecule has 1 aliphatic rings. The molecule has 1 aromatic rings. The van der Waals surface area contributed by atoms with Crippen LogP contribution in [0.1, 0.15) is 12.8 Å². The number of rotatable bonds is 3. The second-order valence-electron chi connectivity index (χ2n) is 3.09. The van der Waals surface area contributed by atoms with Gasteiger partial charge in [-0.25, -0.2) is 0 Å². The number of carbonyl (C=O) groups is 2. The van der Waals surface area contributed by atoms with E-state index in [4.69, 9.17) is 5.11 Å². The second kappa shape index (κ2) is 3.02. The van der Waals surface area contributed by atoms with E-state index in [2.05, 4.69) is 15.5 Å². The fourth-order valence-electron chi connectivity index (χ4n) is 1.11. The topological polar surface area (TPSA) is 92.2 Å². The molecular formula is C7H7N3O3S. The highest BCUT2D eigenvalue weighted by atomic mass is 32.1. The third-order valence-electron chi connectivity index (χ3n) is 2.17. The third-order valence-corrected chi connectivity index (χ3v) is 2.78. The van der Waals surface area contributed by atoms with E-state index in [1.54, 1.807) is 0 Å². The van der Waals surface area contributed by atoms with Crippen molar-refractivity contribution in [3.05, 3.63) is 5.51 Å². The smallest absolute Gasteiger partial charge is 0.319 e. The molecule has 1 aliphatic carbocycles. The molecule has 2 N–H and O–H groups in total. The monoisotopic (exact) mass is 213 g/mol. The first-order chi connectivity index (χ1) is 6.65. The molecule has 1 fully saturated rings. The van der Waals surface area contributed by atoms with Gasteiger partial charge in [0.15, 0.2) is 0 Å². The van der Waals surface area contributed by atoms with E-state index >= 15 is 0 Å². The summed E-state index contributed by atoms with van der Waals surface area (Å²) in [7, 11) is 0. The fourth-order valence-corrected chi connectivity index (χ4v) is 1.55. The molecule has 6 nitrogen and oxygen atoms in total. The molecule has 0 atom stereocenters. The number of hydrogen-bond acceptors (Lipinski definition) is 5. The van der Waals surface area contributed by atoms with Crippen LogP contribution in [-0.4, -0.2) is 27.2 Å². The lowest BCUT2D eigenvalue weighted by atomic mass is 10.1. The second-order valence-corrected chi connectivity index (χ2v) is 3.92. The van der Waals surface area contributed by atoms with Crippen molar-refractivity contribution in [2.24, 2.45) is 5.41 Å². The first-order valence-corrected chi connectivity index (χ1v) is 4.84. The number of hydrogen-bond donors (Lipinski definition) is 2. The number of carboxylic acid groups (broad SMARTS) is 1. The summed E-state index contributed by atoms with van der Waals surface area (Å²) in [5, 5.41) is 18.7. The molecule has 0 aliphatic heterocycles. The van der Waals surface area contributed by atoms with Crippen molar-refractivity contribution in [3.63, 3.8) is 0 Å². The lowest BCUT2D eigenvalue weighted by Gasteiger charge is -2.07. The molecule has 2 rings (SSSR count). The van der Waals surface area contributed by atoms with Crippen LogP contribution in [0.4, 0.5) is 5.13 Å². The normalized spacial score (nSPS) is 17.4. The SMILES string of the molecule is O=C(O)C1(C(=O)Nc2nncs2)CC1. The molecule has 1 aromatic heterocycles. The first-order valence-electron chi connectivity index (χ1n) is 3.96. The van der Waals surface area contributed by atoms with Crippen molar-refractivity contribution in [2.45, 2.75) is 12.8 Å². The fraction of sp³-hybridized carbons (Fsp3) is 0.429. The molecule has 0 aromatic carbocycles. The minimum Gasteiger partial charge on any atom is -0.480 e. The Kier molecular flexibility index (Phi) is 1.95. The Bertz CT molecular complexity index is 372. The van der Waals surface area contributed by atoms with E-state index < -0.39 is 17.3 Å². The van der Waals surface area contributed by atoms with E-state index in [9.17, 15) is 9.59 Å². The summed E-state index contributed by atoms with van der Waals surface area (Å²) in [5.41, 5.74) is 0.252. The summed E-state index contributed by atoms with van der Waals surface area (Å²) in [4.78, 5) is 22.2. The van der Waals surface area contributed by atoms with E-state index in [1.165, 1.54) is 5.51 Å². The zero-order valence-corrected chi connectivity index (χ0v) is 7.87. The summed E-state index contributed by atoms with van der Waals surface area (Å²) in [5.74, 6) is -1.57. The van der Waals surface area contributed by atoms with Gasteiger partial charge in [0.05, 0.1) is 0 Å². The van der Waals surface area contributed by atoms with Crippen LogP contribution < -0.4 is 5.32 Å². The highest BCUT2D eigenvalue weighted by molar-refractivity contribution is 7.13. The summed E-state index contributed by atoms with van der Waals surface area (Å²) in [6.45, 7) is 0. The Morgan fingerprint density at radius 1 is 1.57 bits per heavy atom. The van der Waals surface area contributed by atoms with Crippen LogP contribution in [-0.2, 0) is 9.59 Å². The number of anilines is 1. The maximum absolute atomic E-state index is 11.5. The van der Waals surface area contributed by atoms with Crippen LogP contribution in [0.25, 0.3) is 0 Å². The Morgan fingerprint density at radius 2 is 2.29 bits per heavy atom. The van der Waals surface area contributed by atoms with Crippen molar-refractivity contribution in [1.82, 2.24) is 10.2 Å². The van der Waals surface area contributed by atoms with Gasteiger partial charge in [0, 0.05) is 0 Å². The summed E-state index contributed by atoms with van der Waals surface area (Å²) < 4.78 is 0. The number of amides is 1. The average Bonchev–Trinajstić information content (AvgIpc) is 2.81. The number of aromatic nitrogens is 2. The molecule has 1 saturated carbocycles. The van der Waals surface area contributed by atoms with Crippen LogP contribution in [0.15, 0.2) is 5.51 Å². The number of nitrogens with one attached hydrogen (secondary N) is 1. The molecule has 1 heterocycles. The lowest BCUT2D eigenvalue weighted by molar-refractivity contribution is -0.147. The molecule has 14 heavy (non-hydrogen) atoms. The van der Waals surface area contributed by atoms with Crippen molar-refractivity contribution in [3.8, 4) is 0 Å². The van der Waals surface area contributed by atoms with E-state index in [1.807, 2.05) is 0 Å². The molecule has 74 valence electrons. The van der Waals surface area contributed by atoms with E-state index in [0.29, 0.717) is 18.0 Å². The zero-order chi connectivity index (χ0) is 10.2. The predicted molar refractivity (Wildman–Crippen MR) is 47.8 cm³/mol. The molecule has 0 unspecified atom stereocenters. The minimum absolute atomic E-state index is 0.336. The van der Waals surface area contributed by atoms with E-state index in [0.717, 1.165) is 11.3 Å². The third kappa shape index (κ3) is 1.35. The van der Waals surface area contributed by atoms with Crippen LogP contribution >= 0.6 is 11.3 Å². The Morgan fingerprint density at radius 3 is 2.71 bits per heavy atom. The van der Waals surface area contributed by atoms with Crippen molar-refractivity contribution in [1.29, 1.82) is 0 Å². The maximum Gasteiger partial charge on any atom is 0.319 e.